The van der Waals surface area contributed by atoms with Gasteiger partial charge in [-0.05, 0) is 30.7 Å². The van der Waals surface area contributed by atoms with Crippen LogP contribution in [0.2, 0.25) is 0 Å². The van der Waals surface area contributed by atoms with Gasteiger partial charge in [-0.2, -0.15) is 0 Å². The van der Waals surface area contributed by atoms with Crippen LogP contribution in [0, 0.1) is 12.7 Å². The van der Waals surface area contributed by atoms with Gasteiger partial charge < -0.3 is 15.2 Å². The molecule has 0 aliphatic carbocycles. The van der Waals surface area contributed by atoms with Crippen molar-refractivity contribution in [3.8, 4) is 11.5 Å². The Morgan fingerprint density at radius 3 is 3.00 bits per heavy atom. The Labute approximate surface area is 123 Å². The Kier molecular flexibility index (Phi) is 3.80. The predicted octanol–water partition coefficient (Wildman–Crippen LogP) is 2.98. The number of hydrogen-bond donors (Lipinski definition) is 1. The molecule has 1 aliphatic heterocycles. The van der Waals surface area contributed by atoms with Gasteiger partial charge in [0.1, 0.15) is 30.0 Å². The standard InChI is InChI=1S/C17H18FNO2/c1-11-5-6-16-12(7-11)8-13(21-16)10-20-17-4-2-3-15(18)14(17)9-19/h2-7,13H,8-10,19H2,1H3. The Morgan fingerprint density at radius 1 is 1.33 bits per heavy atom. The largest absolute Gasteiger partial charge is 0.489 e. The minimum Gasteiger partial charge on any atom is -0.489 e. The van der Waals surface area contributed by atoms with Crippen molar-refractivity contribution >= 4 is 0 Å². The zero-order valence-corrected chi connectivity index (χ0v) is 11.9. The molecule has 1 unspecified atom stereocenters. The summed E-state index contributed by atoms with van der Waals surface area (Å²) >= 11 is 0. The van der Waals surface area contributed by atoms with Crippen LogP contribution in [0.3, 0.4) is 0 Å². The zero-order chi connectivity index (χ0) is 14.8. The molecule has 0 fully saturated rings. The smallest absolute Gasteiger partial charge is 0.137 e. The van der Waals surface area contributed by atoms with Crippen molar-refractivity contribution in [2.75, 3.05) is 6.61 Å². The van der Waals surface area contributed by atoms with E-state index in [4.69, 9.17) is 15.2 Å². The van der Waals surface area contributed by atoms with E-state index in [2.05, 4.69) is 13.0 Å². The van der Waals surface area contributed by atoms with Crippen molar-refractivity contribution < 1.29 is 13.9 Å². The number of ether oxygens (including phenoxy) is 2. The molecule has 1 heterocycles. The number of rotatable bonds is 4. The minimum atomic E-state index is -0.332. The fourth-order valence-electron chi connectivity index (χ4n) is 2.60. The number of fused-ring (bicyclic) bond motifs is 1. The monoisotopic (exact) mass is 287 g/mol. The van der Waals surface area contributed by atoms with Crippen molar-refractivity contribution in [1.29, 1.82) is 0 Å². The molecule has 0 radical (unpaired) electrons. The maximum atomic E-state index is 13.6. The average Bonchev–Trinajstić information content (AvgIpc) is 2.87. The zero-order valence-electron chi connectivity index (χ0n) is 11.9. The first-order valence-electron chi connectivity index (χ1n) is 7.04. The van der Waals surface area contributed by atoms with Crippen LogP contribution in [0.4, 0.5) is 4.39 Å². The SMILES string of the molecule is Cc1ccc2c(c1)CC(COc1cccc(F)c1CN)O2. The number of nitrogens with two attached hydrogens (primary N) is 1. The van der Waals surface area contributed by atoms with Gasteiger partial charge in [-0.15, -0.1) is 0 Å². The molecular formula is C17H18FNO2. The highest BCUT2D eigenvalue weighted by Gasteiger charge is 2.23. The van der Waals surface area contributed by atoms with Gasteiger partial charge in [0.05, 0.1) is 0 Å². The molecule has 0 bridgehead atoms. The third-order valence-corrected chi connectivity index (χ3v) is 3.66. The van der Waals surface area contributed by atoms with Crippen LogP contribution in [0.15, 0.2) is 36.4 Å². The fraction of sp³-hybridized carbons (Fsp3) is 0.294. The number of benzene rings is 2. The first-order chi connectivity index (χ1) is 10.2. The highest BCUT2D eigenvalue weighted by Crippen LogP contribution is 2.30. The Bertz CT molecular complexity index is 657. The molecular weight excluding hydrogens is 269 g/mol. The maximum Gasteiger partial charge on any atom is 0.137 e. The maximum absolute atomic E-state index is 13.6. The Balaban J connectivity index is 1.66. The van der Waals surface area contributed by atoms with Crippen molar-refractivity contribution in [2.45, 2.75) is 26.0 Å². The normalized spacial score (nSPS) is 16.4. The number of aryl methyl sites for hydroxylation is 1. The Morgan fingerprint density at radius 2 is 2.19 bits per heavy atom. The summed E-state index contributed by atoms with van der Waals surface area (Å²) in [6.45, 7) is 2.56. The van der Waals surface area contributed by atoms with E-state index in [-0.39, 0.29) is 18.5 Å². The lowest BCUT2D eigenvalue weighted by Gasteiger charge is -2.15. The van der Waals surface area contributed by atoms with Crippen molar-refractivity contribution in [1.82, 2.24) is 0 Å². The summed E-state index contributed by atoms with van der Waals surface area (Å²) in [5.74, 6) is 1.07. The second-order valence-electron chi connectivity index (χ2n) is 5.29. The topological polar surface area (TPSA) is 44.5 Å². The molecule has 0 aromatic heterocycles. The van der Waals surface area contributed by atoms with Crippen molar-refractivity contribution in [2.24, 2.45) is 5.73 Å². The van der Waals surface area contributed by atoms with Crippen LogP contribution in [-0.2, 0) is 13.0 Å². The third-order valence-electron chi connectivity index (χ3n) is 3.66. The van der Waals surface area contributed by atoms with E-state index in [1.54, 1.807) is 12.1 Å². The van der Waals surface area contributed by atoms with E-state index in [0.717, 1.165) is 12.2 Å². The molecule has 0 amide bonds. The lowest BCUT2D eigenvalue weighted by atomic mass is 10.1. The molecule has 21 heavy (non-hydrogen) atoms. The van der Waals surface area contributed by atoms with Gasteiger partial charge in [-0.1, -0.05) is 23.8 Å². The van der Waals surface area contributed by atoms with Crippen LogP contribution in [0.1, 0.15) is 16.7 Å². The van der Waals surface area contributed by atoms with Crippen LogP contribution < -0.4 is 15.2 Å². The summed E-state index contributed by atoms with van der Waals surface area (Å²) < 4.78 is 25.2. The molecule has 3 nitrogen and oxygen atoms in total. The lowest BCUT2D eigenvalue weighted by molar-refractivity contribution is 0.147. The highest BCUT2D eigenvalue weighted by molar-refractivity contribution is 5.40. The lowest BCUT2D eigenvalue weighted by Crippen LogP contribution is -2.23. The quantitative estimate of drug-likeness (QED) is 0.940. The van der Waals surface area contributed by atoms with E-state index < -0.39 is 0 Å². The summed E-state index contributed by atoms with van der Waals surface area (Å²) in [4.78, 5) is 0. The van der Waals surface area contributed by atoms with Crippen LogP contribution in [0.5, 0.6) is 11.5 Å². The average molecular weight is 287 g/mol. The van der Waals surface area contributed by atoms with Gasteiger partial charge in [0, 0.05) is 18.5 Å². The van der Waals surface area contributed by atoms with E-state index >= 15 is 0 Å². The molecule has 2 aromatic carbocycles. The van der Waals surface area contributed by atoms with Crippen molar-refractivity contribution in [3.05, 3.63) is 58.9 Å². The number of hydrogen-bond acceptors (Lipinski definition) is 3. The molecule has 110 valence electrons. The molecule has 1 aliphatic rings. The van der Waals surface area contributed by atoms with Crippen molar-refractivity contribution in [3.63, 3.8) is 0 Å². The van der Waals surface area contributed by atoms with E-state index in [1.807, 2.05) is 12.1 Å². The number of halogens is 1. The van der Waals surface area contributed by atoms with Gasteiger partial charge in [0.15, 0.2) is 0 Å². The first kappa shape index (κ1) is 13.9. The van der Waals surface area contributed by atoms with Crippen LogP contribution in [-0.4, -0.2) is 12.7 Å². The molecule has 4 heteroatoms. The predicted molar refractivity (Wildman–Crippen MR) is 79.1 cm³/mol. The first-order valence-corrected chi connectivity index (χ1v) is 7.04. The van der Waals surface area contributed by atoms with Gasteiger partial charge in [-0.25, -0.2) is 4.39 Å². The molecule has 3 rings (SSSR count). The van der Waals surface area contributed by atoms with Crippen LogP contribution >= 0.6 is 0 Å². The Hall–Kier alpha value is -2.07. The summed E-state index contributed by atoms with van der Waals surface area (Å²) in [5.41, 5.74) is 8.39. The second-order valence-corrected chi connectivity index (χ2v) is 5.29. The van der Waals surface area contributed by atoms with Gasteiger partial charge in [0.2, 0.25) is 0 Å². The van der Waals surface area contributed by atoms with E-state index in [0.29, 0.717) is 17.9 Å². The molecule has 0 saturated carbocycles. The molecule has 2 aromatic rings. The van der Waals surface area contributed by atoms with Gasteiger partial charge in [-0.3, -0.25) is 0 Å². The molecule has 2 N–H and O–H groups in total. The van der Waals surface area contributed by atoms with Gasteiger partial charge in [0.25, 0.3) is 0 Å². The third kappa shape index (κ3) is 2.85. The second kappa shape index (κ2) is 5.74. The summed E-state index contributed by atoms with van der Waals surface area (Å²) in [5, 5.41) is 0. The summed E-state index contributed by atoms with van der Waals surface area (Å²) in [7, 11) is 0. The summed E-state index contributed by atoms with van der Waals surface area (Å²) in [6, 6.07) is 10.9. The van der Waals surface area contributed by atoms with Gasteiger partial charge >= 0.3 is 0 Å². The molecule has 1 atom stereocenters. The highest BCUT2D eigenvalue weighted by atomic mass is 19.1. The van der Waals surface area contributed by atoms with E-state index in [9.17, 15) is 4.39 Å². The summed E-state index contributed by atoms with van der Waals surface area (Å²) in [6.07, 6.45) is 0.764. The van der Waals surface area contributed by atoms with E-state index in [1.165, 1.54) is 17.2 Å². The van der Waals surface area contributed by atoms with Crippen LogP contribution in [0.25, 0.3) is 0 Å². The minimum absolute atomic E-state index is 0.0457. The fourth-order valence-corrected chi connectivity index (χ4v) is 2.60. The molecule has 0 spiro atoms. The molecule has 0 saturated heterocycles.